The Hall–Kier alpha value is -4.18. The van der Waals surface area contributed by atoms with Crippen LogP contribution < -0.4 is 0 Å². The van der Waals surface area contributed by atoms with Gasteiger partial charge in [0.1, 0.15) is 0 Å². The maximum Gasteiger partial charge on any atom is 0.228 e. The van der Waals surface area contributed by atoms with Crippen LogP contribution >= 0.6 is 0 Å². The lowest BCUT2D eigenvalue weighted by atomic mass is 9.90. The van der Waals surface area contributed by atoms with Gasteiger partial charge in [-0.1, -0.05) is 116 Å². The number of carbonyl (C=O) groups excluding carboxylic acids is 2. The molecule has 0 radical (unpaired) electrons. The first-order valence-corrected chi connectivity index (χ1v) is 23.1. The van der Waals surface area contributed by atoms with Crippen molar-refractivity contribution in [3.8, 4) is 0 Å². The van der Waals surface area contributed by atoms with Gasteiger partial charge in [-0.3, -0.25) is 9.59 Å². The standard InChI is InChI=1S/C57H86O4/c1-42(2)36-37-51(11)39-38-49(9)34-20-32-47(7)30-18-28-45(5)26-16-24-43(3)22-15-23-44(4)25-17-27-46(6)29-19-31-48(8)33-21-35-50(10)40-41-53-52(12)54(58)56(60-13)57(61-14)55(53)59/h22,25-26,29-30,33-34,36,39-40H,15-21,23-24,27-28,31-32,35,37-38,41H2,1-14H3/b43-22+,44-25+,45-26+,46-29+,47-30+,48-33+,49-34+,50-40+,51-39+. The van der Waals surface area contributed by atoms with Crippen LogP contribution in [0.5, 0.6) is 0 Å². The number of hydrogen-bond acceptors (Lipinski definition) is 4. The first-order valence-electron chi connectivity index (χ1n) is 23.1. The van der Waals surface area contributed by atoms with E-state index < -0.39 is 0 Å². The molecule has 0 unspecified atom stereocenters. The lowest BCUT2D eigenvalue weighted by Gasteiger charge is -2.19. The Morgan fingerprint density at radius 2 is 0.656 bits per heavy atom. The molecule has 0 aromatic heterocycles. The van der Waals surface area contributed by atoms with Crippen molar-refractivity contribution in [3.63, 3.8) is 0 Å². The van der Waals surface area contributed by atoms with Gasteiger partial charge in [0.05, 0.1) is 14.2 Å². The van der Waals surface area contributed by atoms with Crippen molar-refractivity contribution in [1.29, 1.82) is 0 Å². The van der Waals surface area contributed by atoms with Crippen molar-refractivity contribution >= 4 is 11.6 Å². The number of methoxy groups -OCH3 is 2. The molecule has 0 aliphatic heterocycles. The van der Waals surface area contributed by atoms with Crippen molar-refractivity contribution in [3.05, 3.63) is 139 Å². The summed E-state index contributed by atoms with van der Waals surface area (Å²) in [6, 6.07) is 0. The van der Waals surface area contributed by atoms with E-state index in [2.05, 4.69) is 137 Å². The van der Waals surface area contributed by atoms with Crippen LogP contribution in [0.3, 0.4) is 0 Å². The van der Waals surface area contributed by atoms with Crippen LogP contribution in [0, 0.1) is 0 Å². The van der Waals surface area contributed by atoms with E-state index in [1.54, 1.807) is 6.92 Å². The first-order chi connectivity index (χ1) is 29.0. The largest absolute Gasteiger partial charge is 0.489 e. The predicted molar refractivity (Wildman–Crippen MR) is 265 cm³/mol. The molecule has 0 amide bonds. The Balaban J connectivity index is 2.33. The Labute approximate surface area is 374 Å². The molecule has 0 bridgehead atoms. The zero-order chi connectivity index (χ0) is 45.7. The van der Waals surface area contributed by atoms with E-state index in [1.807, 2.05) is 0 Å². The maximum absolute atomic E-state index is 12.9. The van der Waals surface area contributed by atoms with Gasteiger partial charge in [-0.15, -0.1) is 0 Å². The molecule has 0 aromatic carbocycles. The highest BCUT2D eigenvalue weighted by molar-refractivity contribution is 6.23. The molecule has 0 fully saturated rings. The summed E-state index contributed by atoms with van der Waals surface area (Å²) in [5.74, 6) is -0.573. The van der Waals surface area contributed by atoms with Crippen molar-refractivity contribution in [1.82, 2.24) is 0 Å². The van der Waals surface area contributed by atoms with E-state index in [9.17, 15) is 9.59 Å². The third kappa shape index (κ3) is 24.8. The highest BCUT2D eigenvalue weighted by Gasteiger charge is 2.34. The molecule has 1 rings (SSSR count). The Morgan fingerprint density at radius 1 is 0.377 bits per heavy atom. The fraction of sp³-hybridized carbons (Fsp3) is 0.544. The van der Waals surface area contributed by atoms with Gasteiger partial charge in [0.15, 0.2) is 0 Å². The van der Waals surface area contributed by atoms with E-state index >= 15 is 0 Å². The molecule has 0 aromatic rings. The topological polar surface area (TPSA) is 52.6 Å². The minimum Gasteiger partial charge on any atom is -0.489 e. The number of ether oxygens (including phenoxy) is 2. The fourth-order valence-corrected chi connectivity index (χ4v) is 7.12. The third-order valence-corrected chi connectivity index (χ3v) is 11.6. The van der Waals surface area contributed by atoms with E-state index in [4.69, 9.17) is 9.47 Å². The summed E-state index contributed by atoms with van der Waals surface area (Å²) in [6.07, 6.45) is 41.6. The second-order valence-electron chi connectivity index (χ2n) is 17.9. The molecule has 1 aliphatic rings. The van der Waals surface area contributed by atoms with Crippen LogP contribution in [0.25, 0.3) is 0 Å². The molecular weight excluding hydrogens is 749 g/mol. The Morgan fingerprint density at radius 3 is 0.984 bits per heavy atom. The average Bonchev–Trinajstić information content (AvgIpc) is 3.20. The summed E-state index contributed by atoms with van der Waals surface area (Å²) < 4.78 is 10.3. The SMILES string of the molecule is COC1=C(OC)C(=O)C(C/C=C(\C)CC/C=C(\C)CC/C=C(\C)CC/C=C(\C)CC/C=C(\C)CC/C=C(\C)CC/C=C(\C)CC/C=C(\C)C/C=C(\C)CC=C(C)C)=C(C)C1=O. The van der Waals surface area contributed by atoms with Gasteiger partial charge in [0.2, 0.25) is 23.1 Å². The minimum atomic E-state index is -0.284. The smallest absolute Gasteiger partial charge is 0.228 e. The van der Waals surface area contributed by atoms with Crippen LogP contribution in [0.2, 0.25) is 0 Å². The fourth-order valence-electron chi connectivity index (χ4n) is 7.12. The van der Waals surface area contributed by atoms with Crippen LogP contribution in [-0.4, -0.2) is 25.8 Å². The lowest BCUT2D eigenvalue weighted by molar-refractivity contribution is -0.121. The number of rotatable bonds is 29. The molecular formula is C57H86O4. The zero-order valence-corrected chi connectivity index (χ0v) is 41.4. The molecule has 338 valence electrons. The number of allylic oxidation sites excluding steroid dienone is 22. The van der Waals surface area contributed by atoms with Crippen molar-refractivity contribution < 1.29 is 19.1 Å². The van der Waals surface area contributed by atoms with Gasteiger partial charge < -0.3 is 9.47 Å². The normalized spacial score (nSPS) is 16.0. The molecule has 0 N–H and O–H groups in total. The summed E-state index contributed by atoms with van der Waals surface area (Å²) >= 11 is 0. The van der Waals surface area contributed by atoms with Gasteiger partial charge in [0.25, 0.3) is 0 Å². The highest BCUT2D eigenvalue weighted by atomic mass is 16.5. The summed E-state index contributed by atoms with van der Waals surface area (Å²) in [5.41, 5.74) is 15.3. The molecule has 0 heterocycles. The van der Waals surface area contributed by atoms with E-state index in [1.165, 1.54) is 70.0 Å². The van der Waals surface area contributed by atoms with Crippen molar-refractivity contribution in [2.24, 2.45) is 0 Å². The molecule has 61 heavy (non-hydrogen) atoms. The number of carbonyl (C=O) groups is 2. The molecule has 0 saturated carbocycles. The molecule has 1 aliphatic carbocycles. The van der Waals surface area contributed by atoms with Crippen LogP contribution in [0.15, 0.2) is 139 Å². The second kappa shape index (κ2) is 31.6. The van der Waals surface area contributed by atoms with Crippen molar-refractivity contribution in [2.75, 3.05) is 14.2 Å². The second-order valence-corrected chi connectivity index (χ2v) is 17.9. The summed E-state index contributed by atoms with van der Waals surface area (Å²) in [6.45, 7) is 26.2. The van der Waals surface area contributed by atoms with Crippen molar-refractivity contribution in [2.45, 2.75) is 192 Å². The van der Waals surface area contributed by atoms with Gasteiger partial charge in [-0.25, -0.2) is 0 Å². The predicted octanol–water partition coefficient (Wildman–Crippen LogP) is 17.1. The maximum atomic E-state index is 12.9. The average molecular weight is 835 g/mol. The molecule has 0 atom stereocenters. The molecule has 4 nitrogen and oxygen atoms in total. The van der Waals surface area contributed by atoms with Gasteiger partial charge >= 0.3 is 0 Å². The number of Topliss-reactive ketones (excluding diaryl/α,β-unsaturated/α-hetero) is 2. The lowest BCUT2D eigenvalue weighted by Crippen LogP contribution is -2.24. The minimum absolute atomic E-state index is 0.00698. The van der Waals surface area contributed by atoms with Crippen LogP contribution in [0.1, 0.15) is 192 Å². The summed E-state index contributed by atoms with van der Waals surface area (Å²) in [7, 11) is 2.78. The number of hydrogen-bond donors (Lipinski definition) is 0. The van der Waals surface area contributed by atoms with Crippen LogP contribution in [-0.2, 0) is 19.1 Å². The molecule has 4 heteroatoms. The van der Waals surface area contributed by atoms with E-state index in [0.717, 1.165) is 103 Å². The van der Waals surface area contributed by atoms with E-state index in [-0.39, 0.29) is 23.1 Å². The summed E-state index contributed by atoms with van der Waals surface area (Å²) in [5, 5.41) is 0. The van der Waals surface area contributed by atoms with Gasteiger partial charge in [-0.05, 0) is 192 Å². The summed E-state index contributed by atoms with van der Waals surface area (Å²) in [4.78, 5) is 25.5. The molecule has 0 spiro atoms. The first kappa shape index (κ1) is 54.8. The van der Waals surface area contributed by atoms with Gasteiger partial charge in [0, 0.05) is 11.1 Å². The van der Waals surface area contributed by atoms with Gasteiger partial charge in [-0.2, -0.15) is 0 Å². The Bertz CT molecular complexity index is 1810. The van der Waals surface area contributed by atoms with E-state index in [0.29, 0.717) is 17.6 Å². The number of ketones is 2. The molecule has 0 saturated heterocycles. The Kier molecular flexibility index (Phi) is 28.4. The van der Waals surface area contributed by atoms with Crippen LogP contribution in [0.4, 0.5) is 0 Å². The quantitative estimate of drug-likeness (QED) is 0.0556. The zero-order valence-electron chi connectivity index (χ0n) is 41.4. The third-order valence-electron chi connectivity index (χ3n) is 11.6. The monoisotopic (exact) mass is 835 g/mol. The highest BCUT2D eigenvalue weighted by Crippen LogP contribution is 2.28.